The lowest BCUT2D eigenvalue weighted by Gasteiger charge is -2.26. The summed E-state index contributed by atoms with van der Waals surface area (Å²) >= 11 is 0. The summed E-state index contributed by atoms with van der Waals surface area (Å²) in [4.78, 5) is 11.4. The normalized spacial score (nSPS) is 28.4. The molecule has 2 rings (SSSR count). The van der Waals surface area contributed by atoms with E-state index in [0.717, 1.165) is 12.2 Å². The molecule has 17 heavy (non-hydrogen) atoms. The highest BCUT2D eigenvalue weighted by atomic mass is 19.4. The average molecular weight is 245 g/mol. The Bertz CT molecular complexity index is 409. The minimum absolute atomic E-state index is 0.136. The number of alkyl halides is 3. The fourth-order valence-electron chi connectivity index (χ4n) is 1.75. The number of amides is 1. The molecule has 92 valence electrons. The third-order valence-corrected chi connectivity index (χ3v) is 2.63. The van der Waals surface area contributed by atoms with Gasteiger partial charge < -0.3 is 10.1 Å². The first-order valence-electron chi connectivity index (χ1n) is 5.05. The van der Waals surface area contributed by atoms with Gasteiger partial charge >= 0.3 is 6.18 Å². The number of rotatable bonds is 1. The highest BCUT2D eigenvalue weighted by Gasteiger charge is 2.36. The van der Waals surface area contributed by atoms with Gasteiger partial charge in [-0.05, 0) is 6.42 Å². The first-order valence-corrected chi connectivity index (χ1v) is 5.05. The van der Waals surface area contributed by atoms with E-state index in [1.54, 1.807) is 0 Å². The monoisotopic (exact) mass is 245 g/mol. The zero-order chi connectivity index (χ0) is 12.5. The van der Waals surface area contributed by atoms with E-state index in [4.69, 9.17) is 4.74 Å². The Balaban J connectivity index is 2.05. The van der Waals surface area contributed by atoms with Crippen molar-refractivity contribution >= 4 is 5.91 Å². The predicted molar refractivity (Wildman–Crippen MR) is 53.5 cm³/mol. The van der Waals surface area contributed by atoms with E-state index in [9.17, 15) is 18.0 Å². The van der Waals surface area contributed by atoms with Gasteiger partial charge in [-0.15, -0.1) is 0 Å². The summed E-state index contributed by atoms with van der Waals surface area (Å²) in [5.74, 6) is -0.711. The molecule has 6 heteroatoms. The fourth-order valence-corrected chi connectivity index (χ4v) is 1.75. The second kappa shape index (κ2) is 4.27. The Kier molecular flexibility index (Phi) is 2.95. The van der Waals surface area contributed by atoms with Crippen molar-refractivity contribution in [2.45, 2.75) is 18.7 Å². The molecule has 2 unspecified atom stereocenters. The maximum atomic E-state index is 12.3. The summed E-state index contributed by atoms with van der Waals surface area (Å²) in [6, 6.07) is 0. The summed E-state index contributed by atoms with van der Waals surface area (Å²) in [6.45, 7) is 0. The molecule has 1 N–H and O–H groups in total. The predicted octanol–water partition coefficient (Wildman–Crippen LogP) is 2.04. The van der Waals surface area contributed by atoms with E-state index in [1.807, 2.05) is 0 Å². The van der Waals surface area contributed by atoms with Crippen LogP contribution in [0.3, 0.4) is 0 Å². The molecule has 0 fully saturated rings. The lowest BCUT2D eigenvalue weighted by Crippen LogP contribution is -2.40. The van der Waals surface area contributed by atoms with Crippen LogP contribution in [-0.2, 0) is 9.53 Å². The Morgan fingerprint density at radius 2 is 2.18 bits per heavy atom. The molecule has 0 spiro atoms. The number of allylic oxidation sites excluding steroid dienone is 3. The van der Waals surface area contributed by atoms with Crippen molar-refractivity contribution in [3.05, 3.63) is 36.3 Å². The molecule has 1 amide bonds. The van der Waals surface area contributed by atoms with E-state index in [-0.39, 0.29) is 18.2 Å². The van der Waals surface area contributed by atoms with Gasteiger partial charge in [0.05, 0.1) is 5.57 Å². The summed E-state index contributed by atoms with van der Waals surface area (Å²) in [6.07, 6.45) is 1.15. The van der Waals surface area contributed by atoms with Crippen LogP contribution in [0.5, 0.6) is 0 Å². The molecule has 0 aromatic rings. The Morgan fingerprint density at radius 3 is 2.71 bits per heavy atom. The summed E-state index contributed by atoms with van der Waals surface area (Å²) in [7, 11) is 0. The smallest absolute Gasteiger partial charge is 0.416 e. The van der Waals surface area contributed by atoms with Crippen molar-refractivity contribution in [2.75, 3.05) is 0 Å². The number of hydrogen-bond acceptors (Lipinski definition) is 2. The van der Waals surface area contributed by atoms with Gasteiger partial charge in [0.2, 0.25) is 0 Å². The van der Waals surface area contributed by atoms with Crippen LogP contribution in [0.2, 0.25) is 0 Å². The van der Waals surface area contributed by atoms with Crippen LogP contribution in [0.25, 0.3) is 0 Å². The van der Waals surface area contributed by atoms with E-state index in [2.05, 4.69) is 5.32 Å². The van der Waals surface area contributed by atoms with E-state index < -0.39 is 17.9 Å². The van der Waals surface area contributed by atoms with Gasteiger partial charge in [0.25, 0.3) is 5.91 Å². The average Bonchev–Trinajstić information content (AvgIpc) is 2.29. The highest BCUT2D eigenvalue weighted by Crippen LogP contribution is 2.32. The molecule has 0 radical (unpaired) electrons. The number of hydrogen-bond donors (Lipinski definition) is 1. The quantitative estimate of drug-likeness (QED) is 0.767. The van der Waals surface area contributed by atoms with E-state index in [0.29, 0.717) is 0 Å². The van der Waals surface area contributed by atoms with Gasteiger partial charge in [-0.2, -0.15) is 13.2 Å². The summed E-state index contributed by atoms with van der Waals surface area (Å²) in [5, 5.41) is 2.45. The number of nitrogens with one attached hydrogen (secondary N) is 1. The lowest BCUT2D eigenvalue weighted by atomic mass is 9.91. The minimum atomic E-state index is -4.34. The second-order valence-corrected chi connectivity index (χ2v) is 3.78. The Morgan fingerprint density at radius 1 is 1.41 bits per heavy atom. The largest absolute Gasteiger partial charge is 0.486 e. The zero-order valence-electron chi connectivity index (χ0n) is 8.70. The van der Waals surface area contributed by atoms with Crippen molar-refractivity contribution in [1.82, 2.24) is 5.32 Å². The number of carbonyl (C=O) groups is 1. The fraction of sp³-hybridized carbons (Fsp3) is 0.364. The number of carbonyl (C=O) groups excluding carboxylic acids is 1. The molecule has 2 atom stereocenters. The number of halogens is 3. The molecule has 0 saturated heterocycles. The Labute approximate surface area is 95.6 Å². The molecule has 0 saturated carbocycles. The van der Waals surface area contributed by atoms with Gasteiger partial charge in [0.15, 0.2) is 6.10 Å². The van der Waals surface area contributed by atoms with Crippen molar-refractivity contribution in [2.24, 2.45) is 5.92 Å². The molecule has 3 nitrogen and oxygen atoms in total. The van der Waals surface area contributed by atoms with Gasteiger partial charge in [-0.1, -0.05) is 18.2 Å². The van der Waals surface area contributed by atoms with Crippen LogP contribution < -0.4 is 5.32 Å². The maximum Gasteiger partial charge on any atom is 0.416 e. The van der Waals surface area contributed by atoms with Crippen molar-refractivity contribution in [3.63, 3.8) is 0 Å². The van der Waals surface area contributed by atoms with Gasteiger partial charge in [0, 0.05) is 12.1 Å². The van der Waals surface area contributed by atoms with Crippen molar-refractivity contribution in [3.8, 4) is 0 Å². The SMILES string of the molecule is O=C1NC=COC1C1C=CC(C(F)(F)F)=CC1. The standard InChI is InChI=1S/C11H10F3NO2/c12-11(13,14)8-3-1-7(2-4-8)9-10(16)15-5-6-17-9/h1,3-7,9H,2H2,(H,15,16). The Hall–Kier alpha value is -1.72. The molecule has 1 aliphatic carbocycles. The van der Waals surface area contributed by atoms with Crippen LogP contribution >= 0.6 is 0 Å². The number of ether oxygens (including phenoxy) is 1. The molecular weight excluding hydrogens is 235 g/mol. The topological polar surface area (TPSA) is 38.3 Å². The minimum Gasteiger partial charge on any atom is -0.486 e. The van der Waals surface area contributed by atoms with E-state index >= 15 is 0 Å². The molecule has 1 aliphatic heterocycles. The molecular formula is C11H10F3NO2. The first-order chi connectivity index (χ1) is 7.98. The molecule has 2 aliphatic rings. The first kappa shape index (κ1) is 11.8. The van der Waals surface area contributed by atoms with Crippen LogP contribution in [0.1, 0.15) is 6.42 Å². The van der Waals surface area contributed by atoms with Crippen molar-refractivity contribution in [1.29, 1.82) is 0 Å². The summed E-state index contributed by atoms with van der Waals surface area (Å²) in [5.41, 5.74) is -0.680. The molecule has 0 aromatic carbocycles. The van der Waals surface area contributed by atoms with Gasteiger partial charge in [0.1, 0.15) is 6.26 Å². The third kappa shape index (κ3) is 2.51. The lowest BCUT2D eigenvalue weighted by molar-refractivity contribution is -0.132. The second-order valence-electron chi connectivity index (χ2n) is 3.78. The van der Waals surface area contributed by atoms with Gasteiger partial charge in [-0.3, -0.25) is 4.79 Å². The van der Waals surface area contributed by atoms with Crippen LogP contribution in [-0.4, -0.2) is 18.2 Å². The van der Waals surface area contributed by atoms with E-state index in [1.165, 1.54) is 18.5 Å². The zero-order valence-corrected chi connectivity index (χ0v) is 8.70. The van der Waals surface area contributed by atoms with Crippen LogP contribution in [0, 0.1) is 5.92 Å². The van der Waals surface area contributed by atoms with Crippen LogP contribution in [0.4, 0.5) is 13.2 Å². The van der Waals surface area contributed by atoms with Crippen LogP contribution in [0.15, 0.2) is 36.3 Å². The molecule has 1 heterocycles. The molecule has 0 aromatic heterocycles. The summed E-state index contributed by atoms with van der Waals surface area (Å²) < 4.78 is 42.1. The third-order valence-electron chi connectivity index (χ3n) is 2.63. The highest BCUT2D eigenvalue weighted by molar-refractivity contribution is 5.83. The molecule has 0 bridgehead atoms. The maximum absolute atomic E-state index is 12.3. The van der Waals surface area contributed by atoms with Crippen molar-refractivity contribution < 1.29 is 22.7 Å². The van der Waals surface area contributed by atoms with Gasteiger partial charge in [-0.25, -0.2) is 0 Å².